The first-order valence-corrected chi connectivity index (χ1v) is 6.05. The van der Waals surface area contributed by atoms with Crippen LogP contribution in [0.15, 0.2) is 23.4 Å². The van der Waals surface area contributed by atoms with Crippen molar-refractivity contribution in [1.82, 2.24) is 4.90 Å². The van der Waals surface area contributed by atoms with Gasteiger partial charge in [0.1, 0.15) is 0 Å². The van der Waals surface area contributed by atoms with Gasteiger partial charge in [-0.3, -0.25) is 4.79 Å². The highest BCUT2D eigenvalue weighted by atomic mass is 19.2. The zero-order valence-corrected chi connectivity index (χ0v) is 11.3. The normalized spacial score (nSPS) is 11.8. The quantitative estimate of drug-likeness (QED) is 0.372. The molecule has 0 aliphatic heterocycles. The van der Waals surface area contributed by atoms with E-state index in [-0.39, 0.29) is 30.8 Å². The van der Waals surface area contributed by atoms with E-state index in [4.69, 9.17) is 10.9 Å². The van der Waals surface area contributed by atoms with Crippen LogP contribution in [-0.4, -0.2) is 34.4 Å². The lowest BCUT2D eigenvalue weighted by atomic mass is 10.1. The zero-order chi connectivity index (χ0) is 15.3. The Hall–Kier alpha value is -2.18. The van der Waals surface area contributed by atoms with E-state index in [1.165, 1.54) is 11.0 Å². The van der Waals surface area contributed by atoms with Gasteiger partial charge in [0, 0.05) is 6.04 Å². The van der Waals surface area contributed by atoms with Crippen LogP contribution in [0.5, 0.6) is 0 Å². The van der Waals surface area contributed by atoms with Gasteiger partial charge in [0.25, 0.3) is 0 Å². The Kier molecular flexibility index (Phi) is 5.42. The van der Waals surface area contributed by atoms with Crippen molar-refractivity contribution in [2.45, 2.75) is 26.3 Å². The van der Waals surface area contributed by atoms with Crippen LogP contribution in [0.1, 0.15) is 19.4 Å². The Morgan fingerprint density at radius 3 is 2.55 bits per heavy atom. The van der Waals surface area contributed by atoms with Crippen molar-refractivity contribution in [3.05, 3.63) is 35.4 Å². The maximum absolute atomic E-state index is 13.1. The number of halogens is 2. The van der Waals surface area contributed by atoms with Crippen LogP contribution in [-0.2, 0) is 11.2 Å². The summed E-state index contributed by atoms with van der Waals surface area (Å²) in [6.45, 7) is 3.51. The molecule has 20 heavy (non-hydrogen) atoms. The summed E-state index contributed by atoms with van der Waals surface area (Å²) in [7, 11) is 0. The second kappa shape index (κ2) is 6.83. The van der Waals surface area contributed by atoms with Gasteiger partial charge in [-0.1, -0.05) is 11.2 Å². The Morgan fingerprint density at radius 2 is 2.05 bits per heavy atom. The Labute approximate surface area is 115 Å². The Balaban J connectivity index is 2.82. The fourth-order valence-electron chi connectivity index (χ4n) is 1.69. The highest BCUT2D eigenvalue weighted by Crippen LogP contribution is 2.11. The molecule has 110 valence electrons. The number of benzene rings is 1. The molecule has 0 atom stereocenters. The van der Waals surface area contributed by atoms with E-state index in [1.807, 2.05) is 0 Å². The molecule has 0 fully saturated rings. The molecule has 3 N–H and O–H groups in total. The Morgan fingerprint density at radius 1 is 1.40 bits per heavy atom. The first-order chi connectivity index (χ1) is 9.35. The predicted molar refractivity (Wildman–Crippen MR) is 70.3 cm³/mol. The van der Waals surface area contributed by atoms with Crippen LogP contribution >= 0.6 is 0 Å². The smallest absolute Gasteiger partial charge is 0.227 e. The summed E-state index contributed by atoms with van der Waals surface area (Å²) in [4.78, 5) is 13.5. The molecule has 7 heteroatoms. The molecule has 5 nitrogen and oxygen atoms in total. The molecule has 1 aromatic rings. The molecule has 0 saturated carbocycles. The van der Waals surface area contributed by atoms with Crippen LogP contribution < -0.4 is 5.73 Å². The minimum Gasteiger partial charge on any atom is -0.409 e. The van der Waals surface area contributed by atoms with Gasteiger partial charge in [-0.25, -0.2) is 8.78 Å². The molecule has 0 bridgehead atoms. The van der Waals surface area contributed by atoms with Crippen molar-refractivity contribution >= 4 is 11.7 Å². The molecule has 0 aliphatic rings. The standard InChI is InChI=1S/C13H17F2N3O2/c1-8(2)18(7-12(16)17-20)13(19)6-9-3-4-10(14)11(15)5-9/h3-5,8,20H,6-7H2,1-2H3,(H2,16,17). The van der Waals surface area contributed by atoms with Crippen molar-refractivity contribution in [3.8, 4) is 0 Å². The molecule has 0 saturated heterocycles. The summed E-state index contributed by atoms with van der Waals surface area (Å²) < 4.78 is 25.9. The van der Waals surface area contributed by atoms with Crippen molar-refractivity contribution in [2.24, 2.45) is 10.9 Å². The average molecular weight is 285 g/mol. The van der Waals surface area contributed by atoms with Crippen LogP contribution in [0.2, 0.25) is 0 Å². The summed E-state index contributed by atoms with van der Waals surface area (Å²) in [6, 6.07) is 3.13. The molecule has 0 unspecified atom stereocenters. The number of rotatable bonds is 5. The van der Waals surface area contributed by atoms with Crippen molar-refractivity contribution in [1.29, 1.82) is 0 Å². The number of amides is 1. The van der Waals surface area contributed by atoms with Crippen LogP contribution in [0, 0.1) is 11.6 Å². The third-order valence-electron chi connectivity index (χ3n) is 2.74. The summed E-state index contributed by atoms with van der Waals surface area (Å²) in [5.74, 6) is -2.38. The molecule has 1 aromatic carbocycles. The SMILES string of the molecule is CC(C)N(C/C(N)=N/O)C(=O)Cc1ccc(F)c(F)c1. The lowest BCUT2D eigenvalue weighted by molar-refractivity contribution is -0.131. The van der Waals surface area contributed by atoms with Gasteiger partial charge in [0.15, 0.2) is 17.5 Å². The number of hydrogen-bond donors (Lipinski definition) is 2. The fourth-order valence-corrected chi connectivity index (χ4v) is 1.69. The number of nitrogens with two attached hydrogens (primary N) is 1. The number of amidine groups is 1. The monoisotopic (exact) mass is 285 g/mol. The fraction of sp³-hybridized carbons (Fsp3) is 0.385. The Bertz CT molecular complexity index is 518. The largest absolute Gasteiger partial charge is 0.409 e. The summed E-state index contributed by atoms with van der Waals surface area (Å²) in [6.07, 6.45) is -0.0892. The van der Waals surface area contributed by atoms with Crippen molar-refractivity contribution < 1.29 is 18.8 Å². The number of carbonyl (C=O) groups is 1. The van der Waals surface area contributed by atoms with Gasteiger partial charge in [-0.2, -0.15) is 0 Å². The molecule has 0 aliphatic carbocycles. The molecule has 0 heterocycles. The van der Waals surface area contributed by atoms with Gasteiger partial charge in [0.05, 0.1) is 13.0 Å². The minimum absolute atomic E-state index is 0.0311. The van der Waals surface area contributed by atoms with Crippen LogP contribution in [0.3, 0.4) is 0 Å². The first-order valence-electron chi connectivity index (χ1n) is 6.05. The lowest BCUT2D eigenvalue weighted by Crippen LogP contribution is -2.43. The number of hydrogen-bond acceptors (Lipinski definition) is 3. The van der Waals surface area contributed by atoms with E-state index in [0.29, 0.717) is 5.56 Å². The molecule has 0 aromatic heterocycles. The van der Waals surface area contributed by atoms with E-state index >= 15 is 0 Å². The maximum Gasteiger partial charge on any atom is 0.227 e. The second-order valence-corrected chi connectivity index (χ2v) is 4.63. The third kappa shape index (κ3) is 4.18. The molecular formula is C13H17F2N3O2. The maximum atomic E-state index is 13.1. The first kappa shape index (κ1) is 15.9. The summed E-state index contributed by atoms with van der Waals surface area (Å²) in [5.41, 5.74) is 5.74. The van der Waals surface area contributed by atoms with Gasteiger partial charge in [0.2, 0.25) is 5.91 Å². The second-order valence-electron chi connectivity index (χ2n) is 4.63. The zero-order valence-electron chi connectivity index (χ0n) is 11.3. The van der Waals surface area contributed by atoms with E-state index in [0.717, 1.165) is 12.1 Å². The van der Waals surface area contributed by atoms with E-state index < -0.39 is 11.6 Å². The number of oxime groups is 1. The van der Waals surface area contributed by atoms with Gasteiger partial charge in [-0.05, 0) is 31.5 Å². The average Bonchev–Trinajstić information content (AvgIpc) is 2.39. The van der Waals surface area contributed by atoms with Crippen molar-refractivity contribution in [3.63, 3.8) is 0 Å². The topological polar surface area (TPSA) is 78.9 Å². The highest BCUT2D eigenvalue weighted by molar-refractivity contribution is 5.87. The van der Waals surface area contributed by atoms with Crippen LogP contribution in [0.25, 0.3) is 0 Å². The number of nitrogens with zero attached hydrogens (tertiary/aromatic N) is 2. The minimum atomic E-state index is -0.997. The highest BCUT2D eigenvalue weighted by Gasteiger charge is 2.19. The van der Waals surface area contributed by atoms with Crippen molar-refractivity contribution in [2.75, 3.05) is 6.54 Å². The molecule has 0 spiro atoms. The van der Waals surface area contributed by atoms with E-state index in [2.05, 4.69) is 5.16 Å². The summed E-state index contributed by atoms with van der Waals surface area (Å²) >= 11 is 0. The molecular weight excluding hydrogens is 268 g/mol. The molecule has 1 rings (SSSR count). The number of carbonyl (C=O) groups excluding carboxylic acids is 1. The lowest BCUT2D eigenvalue weighted by Gasteiger charge is -2.26. The van der Waals surface area contributed by atoms with Gasteiger partial charge in [-0.15, -0.1) is 0 Å². The summed E-state index contributed by atoms with van der Waals surface area (Å²) in [5, 5.41) is 11.4. The predicted octanol–water partition coefficient (Wildman–Crippen LogP) is 1.49. The van der Waals surface area contributed by atoms with Crippen LogP contribution in [0.4, 0.5) is 8.78 Å². The molecule has 0 radical (unpaired) electrons. The van der Waals surface area contributed by atoms with E-state index in [9.17, 15) is 13.6 Å². The third-order valence-corrected chi connectivity index (χ3v) is 2.74. The van der Waals surface area contributed by atoms with Gasteiger partial charge < -0.3 is 15.8 Å². The molecule has 1 amide bonds. The van der Waals surface area contributed by atoms with E-state index in [1.54, 1.807) is 13.8 Å². The van der Waals surface area contributed by atoms with Gasteiger partial charge >= 0.3 is 0 Å².